The van der Waals surface area contributed by atoms with Crippen LogP contribution < -0.4 is 0 Å². The minimum atomic E-state index is -0.659. The Hall–Kier alpha value is -0.0500. The summed E-state index contributed by atoms with van der Waals surface area (Å²) < 4.78 is 1.67. The first kappa shape index (κ1) is 15.3. The predicted octanol–water partition coefficient (Wildman–Crippen LogP) is 4.03. The van der Waals surface area contributed by atoms with Gasteiger partial charge in [0.05, 0.1) is 13.1 Å². The number of aromatic hydroxyl groups is 1. The number of halogens is 2. The van der Waals surface area contributed by atoms with Crippen molar-refractivity contribution in [3.05, 3.63) is 24.8 Å². The molecule has 0 radical (unpaired) electrons. The summed E-state index contributed by atoms with van der Waals surface area (Å²) in [7, 11) is 0. The van der Waals surface area contributed by atoms with Gasteiger partial charge < -0.3 is 10.2 Å². The van der Waals surface area contributed by atoms with E-state index in [0.717, 1.165) is 44.8 Å². The molecule has 1 aromatic carbocycles. The molecule has 1 aliphatic carbocycles. The van der Waals surface area contributed by atoms with Crippen LogP contribution in [0.3, 0.4) is 0 Å². The number of hydrogen-bond acceptors (Lipinski definition) is 2. The van der Waals surface area contributed by atoms with E-state index in [0.29, 0.717) is 5.75 Å². The van der Waals surface area contributed by atoms with Crippen LogP contribution in [0, 0.1) is 19.0 Å². The van der Waals surface area contributed by atoms with Gasteiger partial charge in [0.25, 0.3) is 0 Å². The van der Waals surface area contributed by atoms with Gasteiger partial charge in [0, 0.05) is 0 Å². The van der Waals surface area contributed by atoms with Crippen LogP contribution in [0.15, 0.2) is 12.1 Å². The molecule has 5 heteroatoms. The van der Waals surface area contributed by atoms with Crippen LogP contribution in [-0.2, 0) is 11.2 Å². The van der Waals surface area contributed by atoms with E-state index in [1.165, 1.54) is 0 Å². The molecule has 1 fully saturated rings. The van der Waals surface area contributed by atoms with Crippen molar-refractivity contribution in [2.24, 2.45) is 11.8 Å². The third kappa shape index (κ3) is 3.74. The van der Waals surface area contributed by atoms with E-state index in [4.69, 9.17) is 0 Å². The summed E-state index contributed by atoms with van der Waals surface area (Å²) in [6.45, 7) is 0. The largest absolute Gasteiger partial charge is 0.506 e. The standard InChI is InChI=1S/C14H16I2O3/c15-11-6-8(7-12(16)13(11)17)5-9-3-1-2-4-10(9)14(18)19/h6-7,9-10,17H,1-5H2,(H,18,19)/t9-,10-/m1/s1. The number of benzene rings is 1. The van der Waals surface area contributed by atoms with E-state index in [2.05, 4.69) is 45.2 Å². The van der Waals surface area contributed by atoms with Gasteiger partial charge in [-0.05, 0) is 88.1 Å². The summed E-state index contributed by atoms with van der Waals surface area (Å²) >= 11 is 4.23. The lowest BCUT2D eigenvalue weighted by Crippen LogP contribution is -2.28. The van der Waals surface area contributed by atoms with E-state index in [1.807, 2.05) is 12.1 Å². The van der Waals surface area contributed by atoms with Gasteiger partial charge in [0.15, 0.2) is 0 Å². The van der Waals surface area contributed by atoms with E-state index >= 15 is 0 Å². The Kier molecular flexibility index (Phi) is 5.33. The third-order valence-corrected chi connectivity index (χ3v) is 5.45. The van der Waals surface area contributed by atoms with Crippen LogP contribution in [0.5, 0.6) is 5.75 Å². The Morgan fingerprint density at radius 3 is 2.37 bits per heavy atom. The highest BCUT2D eigenvalue weighted by Gasteiger charge is 2.30. The molecule has 0 spiro atoms. The number of rotatable bonds is 3. The molecule has 0 aliphatic heterocycles. The second-order valence-electron chi connectivity index (χ2n) is 5.10. The molecule has 2 rings (SSSR count). The van der Waals surface area contributed by atoms with Crippen molar-refractivity contribution in [2.45, 2.75) is 32.1 Å². The number of carboxylic acid groups (broad SMARTS) is 1. The van der Waals surface area contributed by atoms with Gasteiger partial charge in [-0.2, -0.15) is 0 Å². The number of carboxylic acids is 1. The van der Waals surface area contributed by atoms with Gasteiger partial charge in [0.1, 0.15) is 5.75 Å². The van der Waals surface area contributed by atoms with Gasteiger partial charge in [0.2, 0.25) is 0 Å². The highest BCUT2D eigenvalue weighted by atomic mass is 127. The van der Waals surface area contributed by atoms with E-state index in [-0.39, 0.29) is 11.8 Å². The van der Waals surface area contributed by atoms with Crippen molar-refractivity contribution < 1.29 is 15.0 Å². The Labute approximate surface area is 140 Å². The fourth-order valence-corrected chi connectivity index (χ4v) is 4.71. The summed E-state index contributed by atoms with van der Waals surface area (Å²) in [5.74, 6) is -0.323. The third-order valence-electron chi connectivity index (χ3n) is 3.80. The quantitative estimate of drug-likeness (QED) is 0.635. The topological polar surface area (TPSA) is 57.5 Å². The van der Waals surface area contributed by atoms with Crippen LogP contribution in [0.2, 0.25) is 0 Å². The first-order chi connectivity index (χ1) is 8.99. The molecule has 3 nitrogen and oxygen atoms in total. The molecular formula is C14H16I2O3. The summed E-state index contributed by atoms with van der Waals surface area (Å²) in [4.78, 5) is 11.3. The van der Waals surface area contributed by atoms with E-state index in [1.54, 1.807) is 0 Å². The van der Waals surface area contributed by atoms with Crippen LogP contribution in [0.1, 0.15) is 31.2 Å². The molecular weight excluding hydrogens is 470 g/mol. The maximum Gasteiger partial charge on any atom is 0.306 e. The van der Waals surface area contributed by atoms with Gasteiger partial charge in [-0.25, -0.2) is 0 Å². The summed E-state index contributed by atoms with van der Waals surface area (Å²) in [6.07, 6.45) is 4.74. The van der Waals surface area contributed by atoms with Gasteiger partial charge in [-0.1, -0.05) is 12.8 Å². The zero-order valence-corrected chi connectivity index (χ0v) is 14.7. The lowest BCUT2D eigenvalue weighted by molar-refractivity contribution is -0.144. The Morgan fingerprint density at radius 2 is 1.79 bits per heavy atom. The van der Waals surface area contributed by atoms with Gasteiger partial charge in [-0.3, -0.25) is 4.79 Å². The first-order valence-electron chi connectivity index (χ1n) is 6.38. The molecule has 0 bridgehead atoms. The van der Waals surface area contributed by atoms with Crippen molar-refractivity contribution in [1.29, 1.82) is 0 Å². The van der Waals surface area contributed by atoms with Gasteiger partial charge in [-0.15, -0.1) is 0 Å². The molecule has 1 aliphatic rings. The average Bonchev–Trinajstić information content (AvgIpc) is 2.36. The molecule has 0 amide bonds. The summed E-state index contributed by atoms with van der Waals surface area (Å²) in [5.41, 5.74) is 1.13. The lowest BCUT2D eigenvalue weighted by Gasteiger charge is -2.28. The SMILES string of the molecule is O=C(O)[C@@H]1CCCC[C@@H]1Cc1cc(I)c(O)c(I)c1. The molecule has 2 atom stereocenters. The monoisotopic (exact) mass is 486 g/mol. The molecule has 2 N–H and O–H groups in total. The van der Waals surface area contributed by atoms with Crippen LogP contribution >= 0.6 is 45.2 Å². The van der Waals surface area contributed by atoms with Crippen molar-refractivity contribution >= 4 is 51.2 Å². The van der Waals surface area contributed by atoms with Crippen molar-refractivity contribution in [3.8, 4) is 5.75 Å². The number of aliphatic carboxylic acids is 1. The number of carbonyl (C=O) groups is 1. The minimum absolute atomic E-state index is 0.210. The fourth-order valence-electron chi connectivity index (χ4n) is 2.82. The Morgan fingerprint density at radius 1 is 1.21 bits per heavy atom. The molecule has 19 heavy (non-hydrogen) atoms. The van der Waals surface area contributed by atoms with Crippen LogP contribution in [-0.4, -0.2) is 16.2 Å². The van der Waals surface area contributed by atoms with Crippen LogP contribution in [0.4, 0.5) is 0 Å². The zero-order chi connectivity index (χ0) is 14.0. The maximum absolute atomic E-state index is 11.3. The predicted molar refractivity (Wildman–Crippen MR) is 90.3 cm³/mol. The summed E-state index contributed by atoms with van der Waals surface area (Å²) in [6, 6.07) is 3.93. The highest BCUT2D eigenvalue weighted by molar-refractivity contribution is 14.1. The number of phenols is 1. The lowest BCUT2D eigenvalue weighted by atomic mass is 9.76. The molecule has 1 saturated carbocycles. The van der Waals surface area contributed by atoms with Crippen molar-refractivity contribution in [3.63, 3.8) is 0 Å². The molecule has 0 saturated heterocycles. The van der Waals surface area contributed by atoms with E-state index in [9.17, 15) is 15.0 Å². The fraction of sp³-hybridized carbons (Fsp3) is 0.500. The van der Waals surface area contributed by atoms with Crippen molar-refractivity contribution in [2.75, 3.05) is 0 Å². The number of phenolic OH excluding ortho intramolecular Hbond substituents is 1. The first-order valence-corrected chi connectivity index (χ1v) is 8.54. The maximum atomic E-state index is 11.3. The van der Waals surface area contributed by atoms with Gasteiger partial charge >= 0.3 is 5.97 Å². The minimum Gasteiger partial charge on any atom is -0.506 e. The number of hydrogen-bond donors (Lipinski definition) is 2. The second kappa shape index (κ2) is 6.60. The molecule has 0 aromatic heterocycles. The molecule has 1 aromatic rings. The van der Waals surface area contributed by atoms with Crippen molar-refractivity contribution in [1.82, 2.24) is 0 Å². The molecule has 0 heterocycles. The Bertz CT molecular complexity index is 465. The highest BCUT2D eigenvalue weighted by Crippen LogP contribution is 2.35. The molecule has 0 unspecified atom stereocenters. The zero-order valence-electron chi connectivity index (χ0n) is 10.4. The normalized spacial score (nSPS) is 23.3. The molecule has 104 valence electrons. The average molecular weight is 486 g/mol. The van der Waals surface area contributed by atoms with Crippen LogP contribution in [0.25, 0.3) is 0 Å². The summed E-state index contributed by atoms with van der Waals surface area (Å²) in [5, 5.41) is 19.1. The Balaban J connectivity index is 2.17. The smallest absolute Gasteiger partial charge is 0.306 e. The second-order valence-corrected chi connectivity index (χ2v) is 7.43. The van der Waals surface area contributed by atoms with E-state index < -0.39 is 5.97 Å².